The minimum absolute atomic E-state index is 0.754. The molecule has 0 spiro atoms. The zero-order chi connectivity index (χ0) is 16.9. The van der Waals surface area contributed by atoms with Gasteiger partial charge < -0.3 is 9.33 Å². The molecule has 0 unspecified atom stereocenters. The van der Waals surface area contributed by atoms with Gasteiger partial charge in [0.05, 0.1) is 11.4 Å². The van der Waals surface area contributed by atoms with E-state index in [0.29, 0.717) is 0 Å². The number of benzene rings is 2. The first-order chi connectivity index (χ1) is 10.9. The maximum atomic E-state index is 5.90. The molecule has 0 bridgehead atoms. The number of azo groups is 1. The van der Waals surface area contributed by atoms with Crippen molar-refractivity contribution in [3.8, 4) is 0 Å². The second-order valence-electron chi connectivity index (χ2n) is 6.10. The van der Waals surface area contributed by atoms with Crippen molar-refractivity contribution in [3.05, 3.63) is 48.5 Å². The normalized spacial score (nSPS) is 11.9. The summed E-state index contributed by atoms with van der Waals surface area (Å²) in [6.07, 6.45) is 0. The van der Waals surface area contributed by atoms with Crippen LogP contribution in [0.25, 0.3) is 0 Å². The fraction of sp³-hybridized carbons (Fsp3) is 0.333. The lowest BCUT2D eigenvalue weighted by Crippen LogP contribution is -2.44. The first-order valence-corrected chi connectivity index (χ1v) is 10.8. The Bertz CT molecular complexity index is 649. The van der Waals surface area contributed by atoms with Crippen LogP contribution in [0.2, 0.25) is 13.1 Å². The van der Waals surface area contributed by atoms with E-state index in [0.717, 1.165) is 23.7 Å². The fourth-order valence-electron chi connectivity index (χ4n) is 2.31. The molecule has 0 saturated heterocycles. The minimum Gasteiger partial charge on any atom is -0.413 e. The van der Waals surface area contributed by atoms with Gasteiger partial charge in [0.1, 0.15) is 0 Å². The lowest BCUT2D eigenvalue weighted by atomic mass is 10.3. The van der Waals surface area contributed by atoms with Gasteiger partial charge in [-0.25, -0.2) is 0 Å². The van der Waals surface area contributed by atoms with Crippen LogP contribution >= 0.6 is 0 Å². The SMILES string of the molecule is CCO[Si](C)(C)c1ccc(/N=N/c2ccc(N(C)C)cc2)cc1. The van der Waals surface area contributed by atoms with E-state index in [4.69, 9.17) is 4.43 Å². The first kappa shape index (κ1) is 17.4. The molecule has 23 heavy (non-hydrogen) atoms. The highest BCUT2D eigenvalue weighted by Gasteiger charge is 2.24. The molecule has 0 amide bonds. The average Bonchev–Trinajstić information content (AvgIpc) is 2.53. The molecule has 0 aromatic heterocycles. The Morgan fingerprint density at radius 2 is 1.35 bits per heavy atom. The lowest BCUT2D eigenvalue weighted by molar-refractivity contribution is 0.339. The minimum atomic E-state index is -1.78. The topological polar surface area (TPSA) is 37.2 Å². The van der Waals surface area contributed by atoms with Gasteiger partial charge >= 0.3 is 0 Å². The summed E-state index contributed by atoms with van der Waals surface area (Å²) in [4.78, 5) is 2.06. The molecule has 0 fully saturated rings. The molecule has 0 aliphatic carbocycles. The van der Waals surface area contributed by atoms with Gasteiger partial charge in [-0.2, -0.15) is 10.2 Å². The van der Waals surface area contributed by atoms with Crippen molar-refractivity contribution in [3.63, 3.8) is 0 Å². The van der Waals surface area contributed by atoms with E-state index < -0.39 is 8.32 Å². The third-order valence-electron chi connectivity index (χ3n) is 3.71. The van der Waals surface area contributed by atoms with Crippen LogP contribution in [0.1, 0.15) is 6.92 Å². The Labute approximate surface area is 140 Å². The maximum absolute atomic E-state index is 5.90. The molecule has 0 radical (unpaired) electrons. The van der Waals surface area contributed by atoms with Gasteiger partial charge in [-0.15, -0.1) is 0 Å². The summed E-state index contributed by atoms with van der Waals surface area (Å²) >= 11 is 0. The van der Waals surface area contributed by atoms with Crippen molar-refractivity contribution in [2.75, 3.05) is 25.6 Å². The van der Waals surface area contributed by atoms with Crippen molar-refractivity contribution < 1.29 is 4.43 Å². The van der Waals surface area contributed by atoms with Crippen LogP contribution in [-0.4, -0.2) is 29.0 Å². The molecule has 0 heterocycles. The van der Waals surface area contributed by atoms with Gasteiger partial charge in [0.15, 0.2) is 0 Å². The summed E-state index contributed by atoms with van der Waals surface area (Å²) in [6, 6.07) is 16.2. The van der Waals surface area contributed by atoms with Crippen molar-refractivity contribution in [2.24, 2.45) is 10.2 Å². The van der Waals surface area contributed by atoms with Crippen LogP contribution in [0.3, 0.4) is 0 Å². The molecule has 2 aromatic carbocycles. The van der Waals surface area contributed by atoms with Gasteiger partial charge in [0, 0.05) is 26.4 Å². The van der Waals surface area contributed by atoms with Gasteiger partial charge in [-0.05, 0) is 61.6 Å². The van der Waals surface area contributed by atoms with Gasteiger partial charge in [-0.1, -0.05) is 12.1 Å². The highest BCUT2D eigenvalue weighted by molar-refractivity contribution is 6.84. The summed E-state index contributed by atoms with van der Waals surface area (Å²) in [5, 5.41) is 9.87. The van der Waals surface area contributed by atoms with E-state index in [1.165, 1.54) is 5.19 Å². The molecule has 0 aliphatic heterocycles. The van der Waals surface area contributed by atoms with E-state index >= 15 is 0 Å². The third kappa shape index (κ3) is 4.74. The molecule has 4 nitrogen and oxygen atoms in total. The number of hydrogen-bond donors (Lipinski definition) is 0. The number of anilines is 1. The Kier molecular flexibility index (Phi) is 5.68. The zero-order valence-corrected chi connectivity index (χ0v) is 15.6. The lowest BCUT2D eigenvalue weighted by Gasteiger charge is -2.22. The molecule has 2 aromatic rings. The average molecular weight is 328 g/mol. The van der Waals surface area contributed by atoms with Crippen molar-refractivity contribution in [1.29, 1.82) is 0 Å². The Balaban J connectivity index is 2.08. The van der Waals surface area contributed by atoms with Crippen LogP contribution in [0.4, 0.5) is 17.1 Å². The summed E-state index contributed by atoms with van der Waals surface area (Å²) in [7, 11) is 2.25. The smallest absolute Gasteiger partial charge is 0.218 e. The standard InChI is InChI=1S/C18H25N3OSi/c1-6-22-23(4,5)18-13-9-16(10-14-18)20-19-15-7-11-17(12-8-15)21(2)3/h7-14H,6H2,1-5H3/b20-19+. The Hall–Kier alpha value is -1.98. The molecule has 0 aliphatic rings. The van der Waals surface area contributed by atoms with Gasteiger partial charge in [0.2, 0.25) is 8.32 Å². The molecule has 0 N–H and O–H groups in total. The molecule has 5 heteroatoms. The first-order valence-electron chi connectivity index (χ1n) is 7.86. The van der Waals surface area contributed by atoms with Crippen molar-refractivity contribution in [2.45, 2.75) is 20.0 Å². The summed E-state index contributed by atoms with van der Waals surface area (Å²) in [5.41, 5.74) is 2.85. The summed E-state index contributed by atoms with van der Waals surface area (Å²) in [6.45, 7) is 7.21. The Morgan fingerprint density at radius 1 is 0.870 bits per heavy atom. The zero-order valence-electron chi connectivity index (χ0n) is 14.6. The predicted octanol–water partition coefficient (Wildman–Crippen LogP) is 4.62. The summed E-state index contributed by atoms with van der Waals surface area (Å²) in [5.74, 6) is 0. The second kappa shape index (κ2) is 7.52. The quantitative estimate of drug-likeness (QED) is 0.573. The second-order valence-corrected chi connectivity index (χ2v) is 9.99. The third-order valence-corrected chi connectivity index (χ3v) is 6.45. The molecular weight excluding hydrogens is 302 g/mol. The molecule has 0 atom stereocenters. The number of rotatable bonds is 6. The van der Waals surface area contributed by atoms with Crippen molar-refractivity contribution in [1.82, 2.24) is 0 Å². The van der Waals surface area contributed by atoms with Crippen LogP contribution in [0.15, 0.2) is 58.8 Å². The molecular formula is C18H25N3OSi. The van der Waals surface area contributed by atoms with Gasteiger partial charge in [0.25, 0.3) is 0 Å². The Morgan fingerprint density at radius 3 is 1.78 bits per heavy atom. The van der Waals surface area contributed by atoms with Gasteiger partial charge in [-0.3, -0.25) is 0 Å². The maximum Gasteiger partial charge on any atom is 0.218 e. The van der Waals surface area contributed by atoms with Crippen LogP contribution in [0.5, 0.6) is 0 Å². The van der Waals surface area contributed by atoms with Crippen LogP contribution in [-0.2, 0) is 4.43 Å². The van der Waals surface area contributed by atoms with Crippen molar-refractivity contribution >= 4 is 30.6 Å². The molecule has 122 valence electrons. The van der Waals surface area contributed by atoms with Crippen LogP contribution < -0.4 is 10.1 Å². The largest absolute Gasteiger partial charge is 0.413 e. The summed E-state index contributed by atoms with van der Waals surface area (Å²) < 4.78 is 5.90. The van der Waals surface area contributed by atoms with E-state index in [-0.39, 0.29) is 0 Å². The molecule has 0 saturated carbocycles. The van der Waals surface area contributed by atoms with E-state index in [2.05, 4.69) is 40.4 Å². The van der Waals surface area contributed by atoms with E-state index in [1.54, 1.807) is 0 Å². The highest BCUT2D eigenvalue weighted by Crippen LogP contribution is 2.21. The monoisotopic (exact) mass is 327 g/mol. The molecule has 2 rings (SSSR count). The highest BCUT2D eigenvalue weighted by atomic mass is 28.4. The van der Waals surface area contributed by atoms with E-state index in [1.807, 2.05) is 57.4 Å². The predicted molar refractivity (Wildman–Crippen MR) is 100 cm³/mol. The fourth-order valence-corrected chi connectivity index (χ4v) is 4.16. The number of nitrogens with zero attached hydrogens (tertiary/aromatic N) is 3. The van der Waals surface area contributed by atoms with Crippen LogP contribution in [0, 0.1) is 0 Å². The number of hydrogen-bond acceptors (Lipinski definition) is 4. The van der Waals surface area contributed by atoms with E-state index in [9.17, 15) is 0 Å².